The Balaban J connectivity index is 1.16. The minimum Gasteiger partial charge on any atom is -0.322 e. The summed E-state index contributed by atoms with van der Waals surface area (Å²) in [5.74, 6) is 0.0172. The molecule has 4 aromatic carbocycles. The molecule has 0 aliphatic rings. The smallest absolute Gasteiger partial charge is 0.255 e. The molecule has 5 rings (SSSR count). The number of nitrogens with one attached hydrogen (secondary N) is 2. The maximum Gasteiger partial charge on any atom is 0.255 e. The van der Waals surface area contributed by atoms with Crippen molar-refractivity contribution in [2.45, 2.75) is 11.8 Å². The van der Waals surface area contributed by atoms with Crippen LogP contribution in [-0.4, -0.2) is 22.6 Å². The van der Waals surface area contributed by atoms with Crippen molar-refractivity contribution in [3.63, 3.8) is 0 Å². The highest BCUT2D eigenvalue weighted by Crippen LogP contribution is 2.27. The van der Waals surface area contributed by atoms with Crippen molar-refractivity contribution < 1.29 is 9.59 Å². The number of amides is 2. The number of anilines is 2. The number of aromatic nitrogens is 1. The second kappa shape index (κ2) is 9.67. The third-order valence-electron chi connectivity index (χ3n) is 5.28. The number of nitrogens with zero attached hydrogens (tertiary/aromatic N) is 1. The Kier molecular flexibility index (Phi) is 6.29. The maximum atomic E-state index is 12.6. The van der Waals surface area contributed by atoms with E-state index in [1.165, 1.54) is 28.7 Å². The largest absolute Gasteiger partial charge is 0.322 e. The molecular formula is C27H21N3O2S2. The Labute approximate surface area is 205 Å². The summed E-state index contributed by atoms with van der Waals surface area (Å²) in [7, 11) is 0. The molecule has 2 N–H and O–H groups in total. The topological polar surface area (TPSA) is 71.1 Å². The molecule has 0 unspecified atom stereocenters. The van der Waals surface area contributed by atoms with Gasteiger partial charge in [-0.3, -0.25) is 9.59 Å². The molecule has 0 saturated carbocycles. The number of thioether (sulfide) groups is 1. The van der Waals surface area contributed by atoms with E-state index in [0.717, 1.165) is 25.9 Å². The number of hydrogen-bond donors (Lipinski definition) is 2. The van der Waals surface area contributed by atoms with Crippen LogP contribution in [0.1, 0.15) is 15.9 Å². The van der Waals surface area contributed by atoms with Crippen LogP contribution < -0.4 is 10.6 Å². The average Bonchev–Trinajstić information content (AvgIpc) is 3.24. The van der Waals surface area contributed by atoms with E-state index in [-0.39, 0.29) is 17.6 Å². The molecule has 0 atom stereocenters. The Morgan fingerprint density at radius 1 is 0.882 bits per heavy atom. The molecule has 0 fully saturated rings. The van der Waals surface area contributed by atoms with Gasteiger partial charge in [0.05, 0.1) is 16.0 Å². The number of benzene rings is 4. The highest BCUT2D eigenvalue weighted by atomic mass is 32.2. The van der Waals surface area contributed by atoms with Crippen LogP contribution in [-0.2, 0) is 4.79 Å². The highest BCUT2D eigenvalue weighted by Gasteiger charge is 2.10. The van der Waals surface area contributed by atoms with E-state index < -0.39 is 0 Å². The molecule has 1 aromatic heterocycles. The van der Waals surface area contributed by atoms with Crippen LogP contribution in [0, 0.1) is 6.92 Å². The fourth-order valence-corrected chi connectivity index (χ4v) is 5.24. The zero-order chi connectivity index (χ0) is 23.5. The van der Waals surface area contributed by atoms with Crippen LogP contribution in [0.25, 0.3) is 21.0 Å². The quantitative estimate of drug-likeness (QED) is 0.262. The van der Waals surface area contributed by atoms with E-state index in [1.807, 2.05) is 85.8 Å². The molecule has 1 heterocycles. The zero-order valence-electron chi connectivity index (χ0n) is 18.4. The second-order valence-corrected chi connectivity index (χ2v) is 9.95. The minimum atomic E-state index is -0.156. The first-order valence-corrected chi connectivity index (χ1v) is 12.5. The Morgan fingerprint density at radius 2 is 1.68 bits per heavy atom. The van der Waals surface area contributed by atoms with Gasteiger partial charge in [0.2, 0.25) is 5.91 Å². The van der Waals surface area contributed by atoms with E-state index in [9.17, 15) is 9.59 Å². The highest BCUT2D eigenvalue weighted by molar-refractivity contribution is 8.00. The molecule has 0 bridgehead atoms. The summed E-state index contributed by atoms with van der Waals surface area (Å²) in [6, 6.07) is 27.1. The SMILES string of the molecule is Cc1ccc2nc(NC(=O)CSc3ccc(NC(=O)c4ccc5ccccc5c4)cc3)sc2c1. The average molecular weight is 484 g/mol. The molecule has 2 amide bonds. The minimum absolute atomic E-state index is 0.102. The summed E-state index contributed by atoms with van der Waals surface area (Å²) >= 11 is 2.91. The molecule has 0 aliphatic heterocycles. The van der Waals surface area contributed by atoms with Gasteiger partial charge in [0.1, 0.15) is 0 Å². The number of carbonyl (C=O) groups is 2. The lowest BCUT2D eigenvalue weighted by Crippen LogP contribution is -2.13. The van der Waals surface area contributed by atoms with Crippen LogP contribution in [0.2, 0.25) is 0 Å². The molecular weight excluding hydrogens is 462 g/mol. The van der Waals surface area contributed by atoms with Crippen LogP contribution in [0.15, 0.2) is 89.8 Å². The summed E-state index contributed by atoms with van der Waals surface area (Å²) in [5, 5.41) is 8.55. The summed E-state index contributed by atoms with van der Waals surface area (Å²) < 4.78 is 1.06. The summed E-state index contributed by atoms with van der Waals surface area (Å²) in [4.78, 5) is 30.4. The Morgan fingerprint density at radius 3 is 2.50 bits per heavy atom. The number of hydrogen-bond acceptors (Lipinski definition) is 5. The van der Waals surface area contributed by atoms with Gasteiger partial charge in [-0.25, -0.2) is 4.98 Å². The first-order valence-electron chi connectivity index (χ1n) is 10.7. The van der Waals surface area contributed by atoms with Gasteiger partial charge in [0.25, 0.3) is 5.91 Å². The molecule has 7 heteroatoms. The fraction of sp³-hybridized carbons (Fsp3) is 0.0741. The standard InChI is InChI=1S/C27H21N3O2S2/c1-17-6-13-23-24(14-17)34-27(29-23)30-25(31)16-33-22-11-9-21(10-12-22)28-26(32)20-8-7-18-4-2-3-5-19(18)15-20/h2-15H,16H2,1H3,(H,28,32)(H,29,30,31). The lowest BCUT2D eigenvalue weighted by molar-refractivity contribution is -0.113. The van der Waals surface area contributed by atoms with Crippen LogP contribution in [0.3, 0.4) is 0 Å². The van der Waals surface area contributed by atoms with E-state index >= 15 is 0 Å². The number of fused-ring (bicyclic) bond motifs is 2. The molecule has 168 valence electrons. The number of thiazole rings is 1. The molecule has 0 aliphatic carbocycles. The van der Waals surface area contributed by atoms with E-state index in [4.69, 9.17) is 0 Å². The van der Waals surface area contributed by atoms with Crippen molar-refractivity contribution in [1.82, 2.24) is 4.98 Å². The molecule has 0 radical (unpaired) electrons. The van der Waals surface area contributed by atoms with Crippen molar-refractivity contribution >= 4 is 66.7 Å². The predicted octanol–water partition coefficient (Wildman–Crippen LogP) is 6.74. The Bertz CT molecular complexity index is 1510. The lowest BCUT2D eigenvalue weighted by Gasteiger charge is -2.08. The number of carbonyl (C=O) groups excluding carboxylic acids is 2. The zero-order valence-corrected chi connectivity index (χ0v) is 20.0. The van der Waals surface area contributed by atoms with Crippen LogP contribution >= 0.6 is 23.1 Å². The fourth-order valence-electron chi connectivity index (χ4n) is 3.56. The normalized spacial score (nSPS) is 11.0. The molecule has 0 spiro atoms. The molecule has 5 nitrogen and oxygen atoms in total. The third kappa shape index (κ3) is 5.11. The van der Waals surface area contributed by atoms with Gasteiger partial charge in [0, 0.05) is 16.1 Å². The molecule has 0 saturated heterocycles. The van der Waals surface area contributed by atoms with Crippen LogP contribution in [0.5, 0.6) is 0 Å². The summed E-state index contributed by atoms with van der Waals surface area (Å²) in [5.41, 5.74) is 3.37. The van der Waals surface area contributed by atoms with E-state index in [1.54, 1.807) is 0 Å². The second-order valence-electron chi connectivity index (χ2n) is 7.87. The number of aryl methyl sites for hydroxylation is 1. The van der Waals surface area contributed by atoms with Crippen molar-refractivity contribution in [2.75, 3.05) is 16.4 Å². The first-order chi connectivity index (χ1) is 16.5. The third-order valence-corrected chi connectivity index (χ3v) is 7.23. The van der Waals surface area contributed by atoms with Gasteiger partial charge in [-0.15, -0.1) is 11.8 Å². The van der Waals surface area contributed by atoms with Crippen molar-refractivity contribution in [3.8, 4) is 0 Å². The van der Waals surface area contributed by atoms with Gasteiger partial charge < -0.3 is 10.6 Å². The van der Waals surface area contributed by atoms with E-state index in [2.05, 4.69) is 21.7 Å². The van der Waals surface area contributed by atoms with Gasteiger partial charge in [-0.1, -0.05) is 47.7 Å². The van der Waals surface area contributed by atoms with Gasteiger partial charge >= 0.3 is 0 Å². The summed E-state index contributed by atoms with van der Waals surface area (Å²) in [6.07, 6.45) is 0. The van der Waals surface area contributed by atoms with Crippen molar-refractivity contribution in [2.24, 2.45) is 0 Å². The van der Waals surface area contributed by atoms with Gasteiger partial charge in [-0.05, 0) is 71.8 Å². The van der Waals surface area contributed by atoms with Gasteiger partial charge in [-0.2, -0.15) is 0 Å². The molecule has 5 aromatic rings. The first kappa shape index (κ1) is 22.1. The summed E-state index contributed by atoms with van der Waals surface area (Å²) in [6.45, 7) is 2.04. The molecule has 34 heavy (non-hydrogen) atoms. The van der Waals surface area contributed by atoms with E-state index in [0.29, 0.717) is 16.4 Å². The predicted molar refractivity (Wildman–Crippen MR) is 142 cm³/mol. The Hall–Kier alpha value is -3.68. The van der Waals surface area contributed by atoms with Crippen molar-refractivity contribution in [1.29, 1.82) is 0 Å². The lowest BCUT2D eigenvalue weighted by atomic mass is 10.1. The maximum absolute atomic E-state index is 12.6. The van der Waals surface area contributed by atoms with Crippen molar-refractivity contribution in [3.05, 3.63) is 96.1 Å². The monoisotopic (exact) mass is 483 g/mol. The van der Waals surface area contributed by atoms with Crippen LogP contribution in [0.4, 0.5) is 10.8 Å². The number of rotatable bonds is 6. The van der Waals surface area contributed by atoms with Gasteiger partial charge in [0.15, 0.2) is 5.13 Å².